The van der Waals surface area contributed by atoms with Gasteiger partial charge in [0, 0.05) is 12.7 Å². The van der Waals surface area contributed by atoms with Crippen LogP contribution in [-0.2, 0) is 9.53 Å². The minimum absolute atomic E-state index is 0.323. The van der Waals surface area contributed by atoms with Gasteiger partial charge >= 0.3 is 5.97 Å². The molecular formula is C11H16N2O3. The van der Waals surface area contributed by atoms with Gasteiger partial charge < -0.3 is 15.0 Å². The minimum Gasteiger partial charge on any atom is -0.465 e. The fraction of sp³-hybridized carbons (Fsp3) is 0.273. The molecule has 16 heavy (non-hydrogen) atoms. The molecule has 0 bridgehead atoms. The lowest BCUT2D eigenvalue weighted by Gasteiger charge is -2.04. The summed E-state index contributed by atoms with van der Waals surface area (Å²) in [5.74, 6) is -0.323. The molecule has 1 rings (SSSR count). The average Bonchev–Trinajstić information content (AvgIpc) is 2.30. The molecule has 0 saturated heterocycles. The number of rotatable bonds is 3. The van der Waals surface area contributed by atoms with Crippen LogP contribution in [0.15, 0.2) is 24.3 Å². The number of anilines is 1. The summed E-state index contributed by atoms with van der Waals surface area (Å²) in [5, 5.41) is 0. The lowest BCUT2D eigenvalue weighted by atomic mass is 10.2. The van der Waals surface area contributed by atoms with E-state index in [1.54, 1.807) is 31.3 Å². The van der Waals surface area contributed by atoms with Gasteiger partial charge in [0.2, 0.25) is 0 Å². The lowest BCUT2D eigenvalue weighted by Crippen LogP contribution is -2.14. The predicted octanol–water partition coefficient (Wildman–Crippen LogP) is 1.22. The highest BCUT2D eigenvalue weighted by Gasteiger charge is 2.03. The monoisotopic (exact) mass is 224 g/mol. The molecule has 0 aliphatic rings. The zero-order valence-electron chi connectivity index (χ0n) is 9.61. The molecular weight excluding hydrogens is 208 g/mol. The molecule has 0 unspecified atom stereocenters. The van der Waals surface area contributed by atoms with Crippen LogP contribution in [0.3, 0.4) is 0 Å². The van der Waals surface area contributed by atoms with Gasteiger partial charge in [-0.2, -0.15) is 0 Å². The summed E-state index contributed by atoms with van der Waals surface area (Å²) in [7, 11) is 3.14. The van der Waals surface area contributed by atoms with Gasteiger partial charge in [0.15, 0.2) is 0 Å². The number of ether oxygens (including phenoxy) is 1. The number of hydrogen-bond acceptors (Lipinski definition) is 5. The van der Waals surface area contributed by atoms with Crippen LogP contribution in [0.5, 0.6) is 0 Å². The van der Waals surface area contributed by atoms with Crippen molar-refractivity contribution in [2.45, 2.75) is 6.92 Å². The lowest BCUT2D eigenvalue weighted by molar-refractivity contribution is -0.106. The highest BCUT2D eigenvalue weighted by molar-refractivity contribution is 5.89. The number of benzene rings is 1. The summed E-state index contributed by atoms with van der Waals surface area (Å²) in [5.41, 5.74) is 7.11. The third-order valence-corrected chi connectivity index (χ3v) is 1.58. The topological polar surface area (TPSA) is 67.4 Å². The second-order valence-electron chi connectivity index (χ2n) is 2.68. The average molecular weight is 224 g/mol. The summed E-state index contributed by atoms with van der Waals surface area (Å²) >= 11 is 0. The van der Waals surface area contributed by atoms with Gasteiger partial charge in [-0.05, 0) is 31.2 Å². The smallest absolute Gasteiger partial charge is 0.337 e. The van der Waals surface area contributed by atoms with Crippen molar-refractivity contribution < 1.29 is 14.3 Å². The Hall–Kier alpha value is -1.88. The Bertz CT molecular complexity index is 323. The molecule has 88 valence electrons. The van der Waals surface area contributed by atoms with Gasteiger partial charge in [0.25, 0.3) is 0 Å². The molecule has 5 heteroatoms. The molecule has 1 aromatic carbocycles. The van der Waals surface area contributed by atoms with Gasteiger partial charge in [-0.1, -0.05) is 0 Å². The summed E-state index contributed by atoms with van der Waals surface area (Å²) in [4.78, 5) is 19.8. The summed E-state index contributed by atoms with van der Waals surface area (Å²) in [6.07, 6.45) is 0.750. The van der Waals surface area contributed by atoms with Crippen LogP contribution >= 0.6 is 0 Å². The third-order valence-electron chi connectivity index (χ3n) is 1.58. The number of nitrogens with one attached hydrogen (secondary N) is 2. The summed E-state index contributed by atoms with van der Waals surface area (Å²) in [6, 6.07) is 6.99. The van der Waals surface area contributed by atoms with Crippen LogP contribution < -0.4 is 10.9 Å². The first-order valence-electron chi connectivity index (χ1n) is 4.70. The largest absolute Gasteiger partial charge is 0.465 e. The number of carbonyl (C=O) groups is 2. The number of hydrazine groups is 1. The SMILES string of the molecule is CC=O.CNNc1ccc(C(=O)OC)cc1. The van der Waals surface area contributed by atoms with Crippen LogP contribution in [0.1, 0.15) is 17.3 Å². The molecule has 0 spiro atoms. The van der Waals surface area contributed by atoms with Crippen molar-refractivity contribution in [3.05, 3.63) is 29.8 Å². The quantitative estimate of drug-likeness (QED) is 0.459. The molecule has 0 radical (unpaired) electrons. The molecule has 2 N–H and O–H groups in total. The number of hydrogen-bond donors (Lipinski definition) is 2. The second kappa shape index (κ2) is 8.43. The van der Waals surface area contributed by atoms with Crippen LogP contribution in [0.25, 0.3) is 0 Å². The number of esters is 1. The first kappa shape index (κ1) is 14.1. The summed E-state index contributed by atoms with van der Waals surface area (Å²) < 4.78 is 4.56. The zero-order chi connectivity index (χ0) is 12.4. The van der Waals surface area contributed by atoms with Crippen molar-refractivity contribution >= 4 is 17.9 Å². The molecule has 0 atom stereocenters. The van der Waals surface area contributed by atoms with Gasteiger partial charge in [-0.25, -0.2) is 10.2 Å². The molecule has 1 aromatic rings. The zero-order valence-corrected chi connectivity index (χ0v) is 9.61. The maximum Gasteiger partial charge on any atom is 0.337 e. The van der Waals surface area contributed by atoms with Gasteiger partial charge in [0.05, 0.1) is 12.7 Å². The van der Waals surface area contributed by atoms with E-state index in [2.05, 4.69) is 15.6 Å². The Morgan fingerprint density at radius 1 is 1.31 bits per heavy atom. The van der Waals surface area contributed by atoms with E-state index in [1.165, 1.54) is 14.0 Å². The molecule has 0 amide bonds. The maximum absolute atomic E-state index is 11.0. The van der Waals surface area contributed by atoms with E-state index in [0.717, 1.165) is 12.0 Å². The molecule has 0 aliphatic heterocycles. The predicted molar refractivity (Wildman–Crippen MR) is 62.2 cm³/mol. The minimum atomic E-state index is -0.323. The van der Waals surface area contributed by atoms with E-state index in [4.69, 9.17) is 4.79 Å². The second-order valence-corrected chi connectivity index (χ2v) is 2.68. The van der Waals surface area contributed by atoms with Crippen LogP contribution in [-0.4, -0.2) is 26.4 Å². The number of carbonyl (C=O) groups excluding carboxylic acids is 2. The van der Waals surface area contributed by atoms with E-state index >= 15 is 0 Å². The first-order chi connectivity index (χ1) is 7.69. The normalized spacial score (nSPS) is 8.44. The Balaban J connectivity index is 0.000000673. The molecule has 0 aromatic heterocycles. The van der Waals surface area contributed by atoms with E-state index in [9.17, 15) is 4.79 Å². The van der Waals surface area contributed by atoms with Gasteiger partial charge in [0.1, 0.15) is 6.29 Å². The van der Waals surface area contributed by atoms with Gasteiger partial charge in [-0.15, -0.1) is 0 Å². The third kappa shape index (κ3) is 5.11. The van der Waals surface area contributed by atoms with Crippen molar-refractivity contribution in [2.75, 3.05) is 19.6 Å². The van der Waals surface area contributed by atoms with E-state index in [1.807, 2.05) is 0 Å². The van der Waals surface area contributed by atoms with Crippen molar-refractivity contribution in [1.29, 1.82) is 0 Å². The molecule has 0 aliphatic carbocycles. The molecule has 0 saturated carbocycles. The Labute approximate surface area is 94.8 Å². The highest BCUT2D eigenvalue weighted by atomic mass is 16.5. The maximum atomic E-state index is 11.0. The summed E-state index contributed by atoms with van der Waals surface area (Å²) in [6.45, 7) is 1.44. The first-order valence-corrected chi connectivity index (χ1v) is 4.70. The van der Waals surface area contributed by atoms with Crippen molar-refractivity contribution in [3.63, 3.8) is 0 Å². The van der Waals surface area contributed by atoms with E-state index in [0.29, 0.717) is 5.56 Å². The number of methoxy groups -OCH3 is 1. The molecule has 0 heterocycles. The number of aldehydes is 1. The van der Waals surface area contributed by atoms with Crippen LogP contribution in [0, 0.1) is 0 Å². The standard InChI is InChI=1S/C9H12N2O2.C2H4O/c1-10-11-8-5-3-7(4-6-8)9(12)13-2;1-2-3/h3-6,10-11H,1-2H3;2H,1H3. The fourth-order valence-corrected chi connectivity index (χ4v) is 0.952. The Morgan fingerprint density at radius 2 is 1.81 bits per heavy atom. The van der Waals surface area contributed by atoms with E-state index in [-0.39, 0.29) is 5.97 Å². The van der Waals surface area contributed by atoms with E-state index < -0.39 is 0 Å². The van der Waals surface area contributed by atoms with Crippen molar-refractivity contribution in [2.24, 2.45) is 0 Å². The Kier molecular flexibility index (Phi) is 7.44. The van der Waals surface area contributed by atoms with Gasteiger partial charge in [-0.3, -0.25) is 0 Å². The van der Waals surface area contributed by atoms with Crippen LogP contribution in [0.4, 0.5) is 5.69 Å². The Morgan fingerprint density at radius 3 is 2.19 bits per heavy atom. The van der Waals surface area contributed by atoms with Crippen molar-refractivity contribution in [1.82, 2.24) is 5.43 Å². The fourth-order valence-electron chi connectivity index (χ4n) is 0.952. The highest BCUT2D eigenvalue weighted by Crippen LogP contribution is 2.08. The van der Waals surface area contributed by atoms with Crippen LogP contribution in [0.2, 0.25) is 0 Å². The molecule has 0 fully saturated rings. The molecule has 5 nitrogen and oxygen atoms in total. The van der Waals surface area contributed by atoms with Crippen molar-refractivity contribution in [3.8, 4) is 0 Å².